The lowest BCUT2D eigenvalue weighted by atomic mass is 10.2. The Balaban J connectivity index is 1.49. The molecule has 0 atom stereocenters. The highest BCUT2D eigenvalue weighted by atomic mass is 79.9. The number of ether oxygens (including phenoxy) is 2. The SMILES string of the molecule is COc1cc(/C=N\NC(=O)CN(c2cccc(C)c2)S(=O)(=O)c2ccc(C)cc2)cc(Br)c1OCc1ccccc1Cl. The second-order valence-corrected chi connectivity index (χ2v) is 12.5. The number of amides is 1. The molecule has 1 N–H and O–H groups in total. The Morgan fingerprint density at radius 1 is 1.00 bits per heavy atom. The van der Waals surface area contributed by atoms with E-state index in [9.17, 15) is 13.2 Å². The van der Waals surface area contributed by atoms with Crippen LogP contribution < -0.4 is 19.2 Å². The van der Waals surface area contributed by atoms with Crippen molar-refractivity contribution in [1.29, 1.82) is 0 Å². The number of anilines is 1. The number of benzene rings is 4. The number of halogens is 2. The predicted molar refractivity (Wildman–Crippen MR) is 169 cm³/mol. The second-order valence-electron chi connectivity index (χ2n) is 9.37. The fourth-order valence-electron chi connectivity index (χ4n) is 4.00. The summed E-state index contributed by atoms with van der Waals surface area (Å²) in [5.74, 6) is 0.307. The van der Waals surface area contributed by atoms with Gasteiger partial charge in [-0.25, -0.2) is 13.8 Å². The van der Waals surface area contributed by atoms with Crippen molar-refractivity contribution in [2.24, 2.45) is 5.10 Å². The molecule has 0 aliphatic rings. The molecule has 4 rings (SSSR count). The molecule has 1 amide bonds. The van der Waals surface area contributed by atoms with Gasteiger partial charge in [-0.1, -0.05) is 59.6 Å². The standard InChI is InChI=1S/C31H29BrClN3O5S/c1-21-11-13-26(14-12-21)42(38,39)36(25-9-6-7-22(2)15-25)19-30(37)35-34-18-23-16-27(32)31(29(17-23)40-3)41-20-24-8-4-5-10-28(24)33/h4-18H,19-20H2,1-3H3,(H,35,37)/b34-18-. The molecule has 4 aromatic carbocycles. The van der Waals surface area contributed by atoms with Gasteiger partial charge in [0.1, 0.15) is 13.2 Å². The highest BCUT2D eigenvalue weighted by Gasteiger charge is 2.27. The van der Waals surface area contributed by atoms with Crippen LogP contribution >= 0.6 is 27.5 Å². The van der Waals surface area contributed by atoms with E-state index in [0.717, 1.165) is 21.0 Å². The number of hydrogen-bond donors (Lipinski definition) is 1. The molecule has 0 spiro atoms. The molecule has 0 radical (unpaired) electrons. The number of methoxy groups -OCH3 is 1. The first-order chi connectivity index (χ1) is 20.1. The number of hydrazone groups is 1. The van der Waals surface area contributed by atoms with Gasteiger partial charge in [-0.3, -0.25) is 9.10 Å². The average Bonchev–Trinajstić information content (AvgIpc) is 2.96. The molecule has 218 valence electrons. The van der Waals surface area contributed by atoms with Crippen molar-refractivity contribution in [3.63, 3.8) is 0 Å². The fourth-order valence-corrected chi connectivity index (χ4v) is 6.18. The van der Waals surface area contributed by atoms with Crippen LogP contribution in [0.5, 0.6) is 11.5 Å². The molecule has 0 aromatic heterocycles. The van der Waals surface area contributed by atoms with Crippen LogP contribution in [0.25, 0.3) is 0 Å². The number of carbonyl (C=O) groups excluding carboxylic acids is 1. The molecule has 8 nitrogen and oxygen atoms in total. The number of rotatable bonds is 11. The zero-order chi connectivity index (χ0) is 30.3. The van der Waals surface area contributed by atoms with Crippen molar-refractivity contribution in [3.8, 4) is 11.5 Å². The monoisotopic (exact) mass is 669 g/mol. The Kier molecular flexibility index (Phi) is 10.3. The van der Waals surface area contributed by atoms with Gasteiger partial charge in [0.15, 0.2) is 11.5 Å². The van der Waals surface area contributed by atoms with E-state index in [0.29, 0.717) is 32.2 Å². The summed E-state index contributed by atoms with van der Waals surface area (Å²) >= 11 is 9.74. The zero-order valence-corrected chi connectivity index (χ0v) is 26.3. The molecular weight excluding hydrogens is 642 g/mol. The van der Waals surface area contributed by atoms with Crippen molar-refractivity contribution in [3.05, 3.63) is 117 Å². The lowest BCUT2D eigenvalue weighted by molar-refractivity contribution is -0.119. The summed E-state index contributed by atoms with van der Waals surface area (Å²) in [7, 11) is -2.52. The van der Waals surface area contributed by atoms with Gasteiger partial charge in [-0.2, -0.15) is 5.10 Å². The molecule has 42 heavy (non-hydrogen) atoms. The van der Waals surface area contributed by atoms with E-state index in [-0.39, 0.29) is 11.5 Å². The first kappa shape index (κ1) is 31.1. The molecule has 0 heterocycles. The topological polar surface area (TPSA) is 97.3 Å². The van der Waals surface area contributed by atoms with Gasteiger partial charge in [-0.05, 0) is 83.4 Å². The van der Waals surface area contributed by atoms with Crippen LogP contribution in [0.3, 0.4) is 0 Å². The smallest absolute Gasteiger partial charge is 0.264 e. The normalized spacial score (nSPS) is 11.4. The number of carbonyl (C=O) groups is 1. The number of nitrogens with one attached hydrogen (secondary N) is 1. The van der Waals surface area contributed by atoms with Crippen LogP contribution in [0, 0.1) is 13.8 Å². The lowest BCUT2D eigenvalue weighted by Crippen LogP contribution is -2.39. The molecule has 0 saturated heterocycles. The maximum atomic E-state index is 13.6. The third-order valence-corrected chi connectivity index (χ3v) is 8.92. The molecule has 11 heteroatoms. The van der Waals surface area contributed by atoms with Crippen molar-refractivity contribution in [2.75, 3.05) is 18.0 Å². The molecule has 0 aliphatic heterocycles. The van der Waals surface area contributed by atoms with Crippen LogP contribution in [0.15, 0.2) is 99.4 Å². The quantitative estimate of drug-likeness (QED) is 0.142. The highest BCUT2D eigenvalue weighted by molar-refractivity contribution is 9.10. The molecular formula is C31H29BrClN3O5S. The van der Waals surface area contributed by atoms with Gasteiger partial charge < -0.3 is 9.47 Å². The summed E-state index contributed by atoms with van der Waals surface area (Å²) in [4.78, 5) is 13.0. The second kappa shape index (κ2) is 13.9. The Labute approximate surface area is 259 Å². The molecule has 0 unspecified atom stereocenters. The van der Waals surface area contributed by atoms with Crippen LogP contribution in [-0.4, -0.2) is 34.2 Å². The van der Waals surface area contributed by atoms with E-state index in [1.807, 2.05) is 38.1 Å². The van der Waals surface area contributed by atoms with Gasteiger partial charge in [0.05, 0.1) is 28.4 Å². The van der Waals surface area contributed by atoms with Crippen molar-refractivity contribution in [1.82, 2.24) is 5.43 Å². The number of nitrogens with zero attached hydrogens (tertiary/aromatic N) is 2. The minimum Gasteiger partial charge on any atom is -0.493 e. The van der Waals surface area contributed by atoms with Crippen molar-refractivity contribution in [2.45, 2.75) is 25.3 Å². The Hall–Kier alpha value is -3.86. The molecule has 0 bridgehead atoms. The van der Waals surface area contributed by atoms with Crippen molar-refractivity contribution < 1.29 is 22.7 Å². The summed E-state index contributed by atoms with van der Waals surface area (Å²) in [5, 5.41) is 4.64. The summed E-state index contributed by atoms with van der Waals surface area (Å²) in [6.07, 6.45) is 1.43. The minimum absolute atomic E-state index is 0.0831. The summed E-state index contributed by atoms with van der Waals surface area (Å²) in [6, 6.07) is 24.3. The molecule has 4 aromatic rings. The number of hydrogen-bond acceptors (Lipinski definition) is 6. The summed E-state index contributed by atoms with van der Waals surface area (Å²) < 4.78 is 40.3. The zero-order valence-electron chi connectivity index (χ0n) is 23.2. The number of aryl methyl sites for hydroxylation is 2. The predicted octanol–water partition coefficient (Wildman–Crippen LogP) is 6.65. The van der Waals surface area contributed by atoms with E-state index in [1.54, 1.807) is 48.5 Å². The first-order valence-corrected chi connectivity index (χ1v) is 15.4. The van der Waals surface area contributed by atoms with Gasteiger partial charge in [0, 0.05) is 10.6 Å². The summed E-state index contributed by atoms with van der Waals surface area (Å²) in [6.45, 7) is 3.49. The van der Waals surface area contributed by atoms with E-state index >= 15 is 0 Å². The van der Waals surface area contributed by atoms with E-state index in [1.165, 1.54) is 25.5 Å². The Morgan fingerprint density at radius 2 is 1.74 bits per heavy atom. The Morgan fingerprint density at radius 3 is 2.43 bits per heavy atom. The maximum absolute atomic E-state index is 13.6. The van der Waals surface area contributed by atoms with Gasteiger partial charge >= 0.3 is 0 Å². The molecule has 0 fully saturated rings. The average molecular weight is 671 g/mol. The summed E-state index contributed by atoms with van der Waals surface area (Å²) in [5.41, 5.74) is 6.00. The van der Waals surface area contributed by atoms with Crippen LogP contribution in [0.1, 0.15) is 22.3 Å². The first-order valence-electron chi connectivity index (χ1n) is 12.8. The third kappa shape index (κ3) is 7.70. The number of sulfonamides is 1. The van der Waals surface area contributed by atoms with Crippen LogP contribution in [-0.2, 0) is 21.4 Å². The molecule has 0 aliphatic carbocycles. The maximum Gasteiger partial charge on any atom is 0.264 e. The largest absolute Gasteiger partial charge is 0.493 e. The van der Waals surface area contributed by atoms with Crippen LogP contribution in [0.4, 0.5) is 5.69 Å². The van der Waals surface area contributed by atoms with Crippen LogP contribution in [0.2, 0.25) is 5.02 Å². The Bertz CT molecular complexity index is 1710. The van der Waals surface area contributed by atoms with E-state index < -0.39 is 22.5 Å². The minimum atomic E-state index is -4.03. The van der Waals surface area contributed by atoms with E-state index in [4.69, 9.17) is 21.1 Å². The highest BCUT2D eigenvalue weighted by Crippen LogP contribution is 2.37. The van der Waals surface area contributed by atoms with Gasteiger partial charge in [0.2, 0.25) is 0 Å². The van der Waals surface area contributed by atoms with Gasteiger partial charge in [0.25, 0.3) is 15.9 Å². The third-order valence-electron chi connectivity index (χ3n) is 6.17. The van der Waals surface area contributed by atoms with Crippen molar-refractivity contribution >= 4 is 55.4 Å². The fraction of sp³-hybridized carbons (Fsp3) is 0.161. The van der Waals surface area contributed by atoms with Gasteiger partial charge in [-0.15, -0.1) is 0 Å². The lowest BCUT2D eigenvalue weighted by Gasteiger charge is -2.24. The molecule has 0 saturated carbocycles. The van der Waals surface area contributed by atoms with E-state index in [2.05, 4.69) is 26.5 Å².